The molecule has 2 N–H and O–H groups in total. The van der Waals surface area contributed by atoms with Crippen molar-refractivity contribution in [3.05, 3.63) is 110 Å². The molecule has 1 atom stereocenters. The summed E-state index contributed by atoms with van der Waals surface area (Å²) in [6, 6.07) is 17.2. The summed E-state index contributed by atoms with van der Waals surface area (Å²) >= 11 is 0. The highest BCUT2D eigenvalue weighted by Crippen LogP contribution is 2.36. The topological polar surface area (TPSA) is 115 Å². The van der Waals surface area contributed by atoms with Crippen molar-refractivity contribution in [2.45, 2.75) is 31.7 Å². The van der Waals surface area contributed by atoms with Gasteiger partial charge in [-0.2, -0.15) is 5.10 Å². The highest BCUT2D eigenvalue weighted by molar-refractivity contribution is 5.98. The number of benzene rings is 3. The van der Waals surface area contributed by atoms with Crippen LogP contribution < -0.4 is 10.9 Å². The highest BCUT2D eigenvalue weighted by Gasteiger charge is 2.40. The molecular weight excluding hydrogens is 549 g/mol. The molecule has 3 aromatic carbocycles. The third kappa shape index (κ3) is 4.76. The van der Waals surface area contributed by atoms with Crippen molar-refractivity contribution in [1.82, 2.24) is 25.3 Å². The van der Waals surface area contributed by atoms with E-state index in [9.17, 15) is 23.6 Å². The van der Waals surface area contributed by atoms with E-state index in [0.717, 1.165) is 11.1 Å². The van der Waals surface area contributed by atoms with Gasteiger partial charge in [-0.25, -0.2) is 9.49 Å². The van der Waals surface area contributed by atoms with E-state index in [0.29, 0.717) is 79.5 Å². The van der Waals surface area contributed by atoms with E-state index in [1.165, 1.54) is 6.07 Å². The number of halogens is 1. The Balaban J connectivity index is 1.04. The fourth-order valence-electron chi connectivity index (χ4n) is 6.82. The molecule has 7 rings (SSSR count). The minimum absolute atomic E-state index is 0.0193. The van der Waals surface area contributed by atoms with Gasteiger partial charge in [-0.15, -0.1) is 0 Å². The maximum atomic E-state index is 14.9. The predicted octanol–water partition coefficient (Wildman–Crippen LogP) is 3.37. The second kappa shape index (κ2) is 10.8. The molecule has 43 heavy (non-hydrogen) atoms. The van der Waals surface area contributed by atoms with Crippen molar-refractivity contribution in [2.75, 3.05) is 26.2 Å². The number of nitrogens with zero attached hydrogens (tertiary/aromatic N) is 3. The van der Waals surface area contributed by atoms with Crippen LogP contribution in [0.15, 0.2) is 65.5 Å². The molecule has 3 amide bonds. The van der Waals surface area contributed by atoms with Crippen molar-refractivity contribution in [2.24, 2.45) is 5.92 Å². The van der Waals surface area contributed by atoms with E-state index in [4.69, 9.17) is 0 Å². The summed E-state index contributed by atoms with van der Waals surface area (Å²) in [6.07, 6.45) is 2.00. The lowest BCUT2D eigenvalue weighted by Gasteiger charge is -2.43. The van der Waals surface area contributed by atoms with Gasteiger partial charge in [-0.05, 0) is 60.2 Å². The average Bonchev–Trinajstić information content (AvgIpc) is 3.04. The van der Waals surface area contributed by atoms with Crippen LogP contribution in [0.5, 0.6) is 0 Å². The van der Waals surface area contributed by atoms with E-state index in [-0.39, 0.29) is 34.9 Å². The number of hydrogen-bond acceptors (Lipinski definition) is 5. The number of aromatic amines is 1. The number of aromatic nitrogens is 2. The zero-order chi connectivity index (χ0) is 29.7. The van der Waals surface area contributed by atoms with Crippen molar-refractivity contribution >= 4 is 28.5 Å². The second-order valence-electron chi connectivity index (χ2n) is 11.5. The molecule has 4 heterocycles. The van der Waals surface area contributed by atoms with Crippen LogP contribution in [0.25, 0.3) is 10.8 Å². The molecule has 1 saturated heterocycles. The van der Waals surface area contributed by atoms with Crippen LogP contribution >= 0.6 is 0 Å². The SMILES string of the molecule is O=C1NC[C@H]2c3c(cccc31)CCN2C(=O)C1CCN(C(=O)c2cc(Cc3n[nH]c(=O)c4ccccc34)ccc2F)CC1. The Hall–Kier alpha value is -4.86. The number of carbonyl (C=O) groups excluding carboxylic acids is 3. The number of rotatable bonds is 4. The third-order valence-electron chi connectivity index (χ3n) is 9.05. The van der Waals surface area contributed by atoms with Crippen molar-refractivity contribution in [1.29, 1.82) is 0 Å². The molecule has 0 spiro atoms. The predicted molar refractivity (Wildman–Crippen MR) is 157 cm³/mol. The van der Waals surface area contributed by atoms with Gasteiger partial charge in [0.05, 0.1) is 22.7 Å². The van der Waals surface area contributed by atoms with Gasteiger partial charge in [0, 0.05) is 49.5 Å². The van der Waals surface area contributed by atoms with E-state index in [1.807, 2.05) is 35.2 Å². The van der Waals surface area contributed by atoms with Gasteiger partial charge >= 0.3 is 0 Å². The molecular formula is C33H30FN5O4. The van der Waals surface area contributed by atoms with Crippen LogP contribution in [0.2, 0.25) is 0 Å². The van der Waals surface area contributed by atoms with Crippen LogP contribution in [0.4, 0.5) is 4.39 Å². The minimum Gasteiger partial charge on any atom is -0.350 e. The maximum absolute atomic E-state index is 14.9. The molecule has 0 saturated carbocycles. The zero-order valence-corrected chi connectivity index (χ0v) is 23.4. The van der Waals surface area contributed by atoms with Gasteiger partial charge in [0.2, 0.25) is 5.91 Å². The van der Waals surface area contributed by atoms with Crippen molar-refractivity contribution in [3.8, 4) is 0 Å². The fraction of sp³-hybridized carbons (Fsp3) is 0.303. The van der Waals surface area contributed by atoms with Gasteiger partial charge < -0.3 is 15.1 Å². The summed E-state index contributed by atoms with van der Waals surface area (Å²) in [7, 11) is 0. The fourth-order valence-corrected chi connectivity index (χ4v) is 6.82. The quantitative estimate of drug-likeness (QED) is 0.385. The molecule has 3 aliphatic heterocycles. The smallest absolute Gasteiger partial charge is 0.272 e. The van der Waals surface area contributed by atoms with Gasteiger partial charge in [-0.1, -0.05) is 36.4 Å². The van der Waals surface area contributed by atoms with Crippen LogP contribution in [-0.2, 0) is 17.6 Å². The lowest BCUT2D eigenvalue weighted by molar-refractivity contribution is -0.140. The molecule has 0 aliphatic carbocycles. The lowest BCUT2D eigenvalue weighted by atomic mass is 9.84. The highest BCUT2D eigenvalue weighted by atomic mass is 19.1. The molecule has 3 aliphatic rings. The second-order valence-corrected chi connectivity index (χ2v) is 11.5. The average molecular weight is 580 g/mol. The Bertz CT molecular complexity index is 1850. The Labute approximate surface area is 246 Å². The number of fused-ring (bicyclic) bond motifs is 1. The molecule has 218 valence electrons. The lowest BCUT2D eigenvalue weighted by Crippen LogP contribution is -2.52. The number of nitrogens with one attached hydrogen (secondary N) is 2. The molecule has 0 radical (unpaired) electrons. The van der Waals surface area contributed by atoms with Crippen molar-refractivity contribution in [3.63, 3.8) is 0 Å². The van der Waals surface area contributed by atoms with E-state index >= 15 is 0 Å². The van der Waals surface area contributed by atoms with E-state index in [2.05, 4.69) is 15.5 Å². The summed E-state index contributed by atoms with van der Waals surface area (Å²) in [5, 5.41) is 10.9. The standard InChI is InChI=1S/C33H30FN5O4/c34-26-9-8-19(17-27-22-5-1-2-6-23(22)31(41)37-36-27)16-25(26)33(43)38-13-10-21(11-14-38)32(42)39-15-12-20-4-3-7-24-29(20)28(39)18-35-30(24)40/h1-9,16,21,28H,10-15,17-18H2,(H,35,40)(H,37,41)/t28-/m0/s1. The Kier molecular flexibility index (Phi) is 6.76. The Morgan fingerprint density at radius 2 is 1.74 bits per heavy atom. The molecule has 1 fully saturated rings. The van der Waals surface area contributed by atoms with E-state index < -0.39 is 11.7 Å². The van der Waals surface area contributed by atoms with Crippen LogP contribution in [0, 0.1) is 11.7 Å². The number of piperidine rings is 1. The monoisotopic (exact) mass is 579 g/mol. The van der Waals surface area contributed by atoms with Crippen molar-refractivity contribution < 1.29 is 18.8 Å². The van der Waals surface area contributed by atoms with Gasteiger partial charge in [0.1, 0.15) is 5.82 Å². The number of carbonyl (C=O) groups is 3. The number of hydrogen-bond donors (Lipinski definition) is 2. The zero-order valence-electron chi connectivity index (χ0n) is 23.4. The first-order chi connectivity index (χ1) is 20.9. The van der Waals surface area contributed by atoms with E-state index in [1.54, 1.807) is 29.2 Å². The molecule has 4 aromatic rings. The molecule has 9 nitrogen and oxygen atoms in total. The summed E-state index contributed by atoms with van der Waals surface area (Å²) in [6.45, 7) is 1.68. The maximum Gasteiger partial charge on any atom is 0.272 e. The summed E-state index contributed by atoms with van der Waals surface area (Å²) in [5.74, 6) is -1.31. The molecule has 0 unspecified atom stereocenters. The minimum atomic E-state index is -0.603. The summed E-state index contributed by atoms with van der Waals surface area (Å²) < 4.78 is 14.9. The Morgan fingerprint density at radius 3 is 2.56 bits per heavy atom. The first-order valence-electron chi connectivity index (χ1n) is 14.6. The Morgan fingerprint density at radius 1 is 0.953 bits per heavy atom. The first kappa shape index (κ1) is 27.0. The van der Waals surface area contributed by atoms with Gasteiger partial charge in [0.15, 0.2) is 0 Å². The van der Waals surface area contributed by atoms with Crippen LogP contribution in [0.1, 0.15) is 62.0 Å². The van der Waals surface area contributed by atoms with Crippen LogP contribution in [0.3, 0.4) is 0 Å². The third-order valence-corrected chi connectivity index (χ3v) is 9.05. The summed E-state index contributed by atoms with van der Waals surface area (Å²) in [4.78, 5) is 55.3. The van der Waals surface area contributed by atoms with Gasteiger partial charge in [0.25, 0.3) is 17.4 Å². The number of amides is 3. The summed E-state index contributed by atoms with van der Waals surface area (Å²) in [5.41, 5.74) is 3.74. The van der Waals surface area contributed by atoms with Gasteiger partial charge in [-0.3, -0.25) is 19.2 Å². The van der Waals surface area contributed by atoms with Crippen LogP contribution in [-0.4, -0.2) is 63.9 Å². The molecule has 10 heteroatoms. The normalized spacial score (nSPS) is 18.3. The number of H-pyrrole nitrogens is 1. The largest absolute Gasteiger partial charge is 0.350 e. The number of likely N-dealkylation sites (tertiary alicyclic amines) is 1. The first-order valence-corrected chi connectivity index (χ1v) is 14.6. The molecule has 1 aromatic heterocycles. The molecule has 0 bridgehead atoms.